The van der Waals surface area contributed by atoms with E-state index in [1.54, 1.807) is 42.5 Å². The van der Waals surface area contributed by atoms with Gasteiger partial charge in [0, 0.05) is 22.9 Å². The molecular weight excluding hydrogens is 452 g/mol. The van der Waals surface area contributed by atoms with E-state index in [-0.39, 0.29) is 17.2 Å². The molecule has 8 heteroatoms. The second-order valence-electron chi connectivity index (χ2n) is 7.95. The summed E-state index contributed by atoms with van der Waals surface area (Å²) in [6.07, 6.45) is 1.49. The first-order valence-electron chi connectivity index (χ1n) is 10.5. The number of benzene rings is 2. The van der Waals surface area contributed by atoms with Crippen LogP contribution in [0.4, 0.5) is 10.5 Å². The Morgan fingerprint density at radius 2 is 1.74 bits per heavy atom. The van der Waals surface area contributed by atoms with Crippen LogP contribution < -0.4 is 5.32 Å². The van der Waals surface area contributed by atoms with Crippen LogP contribution in [-0.2, 0) is 9.59 Å². The number of nitrogens with one attached hydrogen (secondary N) is 1. The third kappa shape index (κ3) is 5.02. The van der Waals surface area contributed by atoms with E-state index in [9.17, 15) is 19.2 Å². The van der Waals surface area contributed by atoms with Crippen LogP contribution >= 0.6 is 11.8 Å². The summed E-state index contributed by atoms with van der Waals surface area (Å²) in [5, 5.41) is 2.21. The maximum Gasteiger partial charge on any atom is 0.294 e. The third-order valence-electron chi connectivity index (χ3n) is 5.44. The average Bonchev–Trinajstić information content (AvgIpc) is 3.37. The van der Waals surface area contributed by atoms with Gasteiger partial charge in [0.25, 0.3) is 11.1 Å². The number of nitrogens with zero attached hydrogens (tertiary/aromatic N) is 1. The highest BCUT2D eigenvalue weighted by Gasteiger charge is 2.36. The van der Waals surface area contributed by atoms with Gasteiger partial charge in [0.05, 0.1) is 4.91 Å². The van der Waals surface area contributed by atoms with Gasteiger partial charge in [-0.1, -0.05) is 30.3 Å². The van der Waals surface area contributed by atoms with Crippen molar-refractivity contribution >= 4 is 46.4 Å². The summed E-state index contributed by atoms with van der Waals surface area (Å²) in [6, 6.07) is 15.9. The molecule has 1 aromatic heterocycles. The number of carbonyl (C=O) groups excluding carboxylic acids is 4. The highest BCUT2D eigenvalue weighted by molar-refractivity contribution is 8.18. The summed E-state index contributed by atoms with van der Waals surface area (Å²) >= 11 is 0.761. The summed E-state index contributed by atoms with van der Waals surface area (Å²) in [4.78, 5) is 50.1. The van der Waals surface area contributed by atoms with Gasteiger partial charge in [0.15, 0.2) is 5.78 Å². The van der Waals surface area contributed by atoms with Crippen LogP contribution in [0.1, 0.15) is 34.2 Å². The number of imide groups is 1. The molecular formula is C26H22N2O5S. The van der Waals surface area contributed by atoms with Crippen molar-refractivity contribution in [3.8, 4) is 11.3 Å². The third-order valence-corrected chi connectivity index (χ3v) is 6.35. The Bertz CT molecular complexity index is 1340. The van der Waals surface area contributed by atoms with Crippen LogP contribution in [0, 0.1) is 13.8 Å². The molecule has 0 bridgehead atoms. The van der Waals surface area contributed by atoms with Gasteiger partial charge in [-0.15, -0.1) is 0 Å². The molecule has 3 aromatic rings. The van der Waals surface area contributed by atoms with E-state index in [2.05, 4.69) is 5.32 Å². The number of amides is 3. The van der Waals surface area contributed by atoms with Gasteiger partial charge in [-0.25, -0.2) is 0 Å². The van der Waals surface area contributed by atoms with Gasteiger partial charge < -0.3 is 9.73 Å². The maximum absolute atomic E-state index is 12.7. The minimum Gasteiger partial charge on any atom is -0.457 e. The summed E-state index contributed by atoms with van der Waals surface area (Å²) in [6.45, 7) is 5.04. The first-order chi connectivity index (χ1) is 16.2. The molecule has 7 nitrogen and oxygen atoms in total. The minimum absolute atomic E-state index is 0.0231. The molecule has 1 N–H and O–H groups in total. The average molecular weight is 475 g/mol. The second-order valence-corrected chi connectivity index (χ2v) is 8.94. The van der Waals surface area contributed by atoms with Gasteiger partial charge in [-0.2, -0.15) is 0 Å². The molecule has 0 unspecified atom stereocenters. The maximum atomic E-state index is 12.7. The van der Waals surface area contributed by atoms with Crippen LogP contribution in [0.15, 0.2) is 63.9 Å². The second kappa shape index (κ2) is 9.52. The molecule has 1 fully saturated rings. The number of rotatable bonds is 6. The summed E-state index contributed by atoms with van der Waals surface area (Å²) in [5.41, 5.74) is 4.12. The molecule has 1 saturated heterocycles. The predicted molar refractivity (Wildman–Crippen MR) is 131 cm³/mol. The summed E-state index contributed by atoms with van der Waals surface area (Å²) in [7, 11) is 0. The fourth-order valence-corrected chi connectivity index (χ4v) is 4.20. The summed E-state index contributed by atoms with van der Waals surface area (Å²) in [5.74, 6) is -0.0655. The Labute approximate surface area is 200 Å². The first-order valence-corrected chi connectivity index (χ1v) is 11.4. The van der Waals surface area contributed by atoms with Crippen molar-refractivity contribution in [3.63, 3.8) is 0 Å². The van der Waals surface area contributed by atoms with E-state index in [0.717, 1.165) is 33.4 Å². The number of ketones is 1. The zero-order chi connectivity index (χ0) is 24.4. The van der Waals surface area contributed by atoms with Crippen LogP contribution in [0.5, 0.6) is 0 Å². The van der Waals surface area contributed by atoms with Crippen molar-refractivity contribution in [2.24, 2.45) is 0 Å². The highest BCUT2D eigenvalue weighted by atomic mass is 32.2. The van der Waals surface area contributed by atoms with Crippen LogP contribution in [0.2, 0.25) is 0 Å². The molecule has 2 heterocycles. The quantitative estimate of drug-likeness (QED) is 0.377. The standard InChI is InChI=1S/C26H22N2O5S/c1-15-4-9-20(12-16(15)2)27-24(30)14-28-25(31)23(34-26(28)32)13-21-10-11-22(33-21)19-7-5-18(6-8-19)17(3)29/h4-13H,14H2,1-3H3,(H,27,30)/b23-13+. The number of carbonyl (C=O) groups is 4. The fraction of sp³-hybridized carbons (Fsp3) is 0.154. The molecule has 0 spiro atoms. The van der Waals surface area contributed by atoms with Crippen molar-refractivity contribution in [3.05, 3.63) is 82.0 Å². The monoisotopic (exact) mass is 474 g/mol. The molecule has 0 atom stereocenters. The Kier molecular flexibility index (Phi) is 6.51. The number of aryl methyl sites for hydroxylation is 2. The van der Waals surface area contributed by atoms with E-state index >= 15 is 0 Å². The van der Waals surface area contributed by atoms with Crippen molar-refractivity contribution in [1.82, 2.24) is 4.90 Å². The minimum atomic E-state index is -0.547. The van der Waals surface area contributed by atoms with Crippen LogP contribution in [-0.4, -0.2) is 34.3 Å². The molecule has 172 valence electrons. The van der Waals surface area contributed by atoms with E-state index in [1.165, 1.54) is 13.0 Å². The molecule has 0 saturated carbocycles. The fourth-order valence-electron chi connectivity index (χ4n) is 3.38. The molecule has 1 aliphatic heterocycles. The van der Waals surface area contributed by atoms with Gasteiger partial charge in [0.2, 0.25) is 5.91 Å². The Balaban J connectivity index is 1.44. The van der Waals surface area contributed by atoms with Gasteiger partial charge in [0.1, 0.15) is 18.1 Å². The Morgan fingerprint density at radius 3 is 2.41 bits per heavy atom. The highest BCUT2D eigenvalue weighted by Crippen LogP contribution is 2.33. The predicted octanol–water partition coefficient (Wildman–Crippen LogP) is 5.44. The lowest BCUT2D eigenvalue weighted by Gasteiger charge is -2.13. The number of hydrogen-bond acceptors (Lipinski definition) is 6. The van der Waals surface area contributed by atoms with E-state index in [4.69, 9.17) is 4.42 Å². The van der Waals surface area contributed by atoms with E-state index in [1.807, 2.05) is 26.0 Å². The smallest absolute Gasteiger partial charge is 0.294 e. The topological polar surface area (TPSA) is 96.7 Å². The van der Waals surface area contributed by atoms with Crippen molar-refractivity contribution in [2.45, 2.75) is 20.8 Å². The van der Waals surface area contributed by atoms with Gasteiger partial charge >= 0.3 is 0 Å². The van der Waals surface area contributed by atoms with Gasteiger partial charge in [-0.05, 0) is 67.9 Å². The number of anilines is 1. The largest absolute Gasteiger partial charge is 0.457 e. The molecule has 2 aromatic carbocycles. The van der Waals surface area contributed by atoms with Crippen molar-refractivity contribution in [2.75, 3.05) is 11.9 Å². The van der Waals surface area contributed by atoms with Gasteiger partial charge in [-0.3, -0.25) is 24.1 Å². The number of hydrogen-bond donors (Lipinski definition) is 1. The van der Waals surface area contributed by atoms with Crippen molar-refractivity contribution in [1.29, 1.82) is 0 Å². The molecule has 1 aliphatic rings. The number of furan rings is 1. The van der Waals surface area contributed by atoms with E-state index < -0.39 is 17.1 Å². The lowest BCUT2D eigenvalue weighted by molar-refractivity contribution is -0.127. The lowest BCUT2D eigenvalue weighted by Crippen LogP contribution is -2.36. The zero-order valence-electron chi connectivity index (χ0n) is 18.9. The zero-order valence-corrected chi connectivity index (χ0v) is 19.7. The molecule has 0 radical (unpaired) electrons. The number of thioether (sulfide) groups is 1. The Morgan fingerprint density at radius 1 is 1.00 bits per heavy atom. The molecule has 4 rings (SSSR count). The van der Waals surface area contributed by atoms with Crippen molar-refractivity contribution < 1.29 is 23.6 Å². The van der Waals surface area contributed by atoms with Crippen LogP contribution in [0.3, 0.4) is 0 Å². The molecule has 0 aliphatic carbocycles. The Hall–Kier alpha value is -3.91. The van der Waals surface area contributed by atoms with E-state index in [0.29, 0.717) is 22.8 Å². The normalized spacial score (nSPS) is 14.7. The van der Waals surface area contributed by atoms with Crippen LogP contribution in [0.25, 0.3) is 17.4 Å². The molecule has 3 amide bonds. The first kappa shape index (κ1) is 23.3. The SMILES string of the molecule is CC(=O)c1ccc(-c2ccc(/C=C3/SC(=O)N(CC(=O)Nc4ccc(C)c(C)c4)C3=O)o2)cc1. The summed E-state index contributed by atoms with van der Waals surface area (Å²) < 4.78 is 5.80. The molecule has 34 heavy (non-hydrogen) atoms. The number of Topliss-reactive ketones (excluding diaryl/α,β-unsaturated/α-hetero) is 1. The lowest BCUT2D eigenvalue weighted by atomic mass is 10.1.